The number of benzene rings is 3. The van der Waals surface area contributed by atoms with Gasteiger partial charge in [0, 0.05) is 38.1 Å². The normalized spacial score (nSPS) is 14.5. The van der Waals surface area contributed by atoms with Crippen molar-refractivity contribution in [2.24, 2.45) is 0 Å². The van der Waals surface area contributed by atoms with E-state index < -0.39 is 28.7 Å². The van der Waals surface area contributed by atoms with E-state index in [1.807, 2.05) is 62.4 Å². The zero-order valence-corrected chi connectivity index (χ0v) is 26.9. The van der Waals surface area contributed by atoms with Crippen LogP contribution in [0.4, 0.5) is 5.69 Å². The Morgan fingerprint density at radius 3 is 2.26 bits per heavy atom. The fourth-order valence-corrected chi connectivity index (χ4v) is 6.77. The maximum absolute atomic E-state index is 14.4. The van der Waals surface area contributed by atoms with Crippen LogP contribution in [-0.4, -0.2) is 62.2 Å². The number of halogens is 1. The zero-order chi connectivity index (χ0) is 31.1. The fourth-order valence-electron chi connectivity index (χ4n) is 5.44. The second-order valence-corrected chi connectivity index (χ2v) is 13.9. The number of rotatable bonds is 12. The van der Waals surface area contributed by atoms with Crippen molar-refractivity contribution in [3.05, 3.63) is 100 Å². The summed E-state index contributed by atoms with van der Waals surface area (Å²) in [4.78, 5) is 29.9. The summed E-state index contributed by atoms with van der Waals surface area (Å²) in [5.74, 6) is -0.742. The Kier molecular flexibility index (Phi) is 10.9. The molecule has 1 fully saturated rings. The molecule has 0 bridgehead atoms. The average molecular weight is 625 g/mol. The van der Waals surface area contributed by atoms with Gasteiger partial charge in [-0.1, -0.05) is 79.0 Å². The first-order valence-corrected chi connectivity index (χ1v) is 16.4. The maximum atomic E-state index is 14.4. The lowest BCUT2D eigenvalue weighted by atomic mass is 10.0. The molecule has 8 nitrogen and oxygen atoms in total. The summed E-state index contributed by atoms with van der Waals surface area (Å²) in [5.41, 5.74) is 3.62. The van der Waals surface area contributed by atoms with Gasteiger partial charge >= 0.3 is 10.2 Å². The van der Waals surface area contributed by atoms with Crippen molar-refractivity contribution >= 4 is 39.3 Å². The molecule has 0 spiro atoms. The Morgan fingerprint density at radius 2 is 1.60 bits per heavy atom. The number of hydrogen-bond acceptors (Lipinski definition) is 4. The minimum Gasteiger partial charge on any atom is -0.352 e. The molecule has 1 saturated carbocycles. The molecule has 0 unspecified atom stereocenters. The first-order valence-electron chi connectivity index (χ1n) is 14.6. The molecule has 0 aromatic heterocycles. The highest BCUT2D eigenvalue weighted by Gasteiger charge is 2.36. The highest BCUT2D eigenvalue weighted by Crippen LogP contribution is 2.27. The van der Waals surface area contributed by atoms with Gasteiger partial charge in [0.2, 0.25) is 11.8 Å². The van der Waals surface area contributed by atoms with Crippen LogP contribution in [0.5, 0.6) is 0 Å². The van der Waals surface area contributed by atoms with Gasteiger partial charge in [-0.25, -0.2) is 4.31 Å². The van der Waals surface area contributed by atoms with E-state index in [2.05, 4.69) is 5.32 Å². The molecular weight excluding hydrogens is 584 g/mol. The maximum Gasteiger partial charge on any atom is 0.304 e. The van der Waals surface area contributed by atoms with Crippen LogP contribution in [0, 0.1) is 13.8 Å². The van der Waals surface area contributed by atoms with Crippen molar-refractivity contribution in [2.45, 2.75) is 64.6 Å². The first kappa shape index (κ1) is 32.5. The molecule has 10 heteroatoms. The van der Waals surface area contributed by atoms with E-state index in [0.29, 0.717) is 16.3 Å². The van der Waals surface area contributed by atoms with Gasteiger partial charge in [0.25, 0.3) is 0 Å². The van der Waals surface area contributed by atoms with E-state index in [-0.39, 0.29) is 24.9 Å². The van der Waals surface area contributed by atoms with Crippen LogP contribution in [-0.2, 0) is 32.8 Å². The third-order valence-electron chi connectivity index (χ3n) is 7.87. The quantitative estimate of drug-likeness (QED) is 0.297. The molecule has 3 aromatic rings. The average Bonchev–Trinajstić information content (AvgIpc) is 3.48. The number of anilines is 1. The van der Waals surface area contributed by atoms with Gasteiger partial charge in [0.1, 0.15) is 12.6 Å². The molecule has 1 aliphatic rings. The molecule has 0 radical (unpaired) electrons. The summed E-state index contributed by atoms with van der Waals surface area (Å²) in [6.45, 7) is 3.29. The summed E-state index contributed by atoms with van der Waals surface area (Å²) in [6.07, 6.45) is 4.16. The highest BCUT2D eigenvalue weighted by molar-refractivity contribution is 7.90. The number of carbonyl (C=O) groups is 2. The number of carbonyl (C=O) groups excluding carboxylic acids is 2. The van der Waals surface area contributed by atoms with Crippen molar-refractivity contribution in [2.75, 3.05) is 24.9 Å². The summed E-state index contributed by atoms with van der Waals surface area (Å²) < 4.78 is 29.6. The van der Waals surface area contributed by atoms with Crippen LogP contribution in [0.1, 0.15) is 47.9 Å². The third-order valence-corrected chi connectivity index (χ3v) is 9.91. The molecule has 0 saturated heterocycles. The Balaban J connectivity index is 1.78. The summed E-state index contributed by atoms with van der Waals surface area (Å²) in [7, 11) is -1.19. The van der Waals surface area contributed by atoms with Gasteiger partial charge in [0.05, 0.1) is 5.69 Å². The monoisotopic (exact) mass is 624 g/mol. The van der Waals surface area contributed by atoms with Gasteiger partial charge in [0.15, 0.2) is 0 Å². The van der Waals surface area contributed by atoms with E-state index in [0.717, 1.165) is 51.0 Å². The Morgan fingerprint density at radius 1 is 0.930 bits per heavy atom. The minimum absolute atomic E-state index is 0.0504. The van der Waals surface area contributed by atoms with Crippen molar-refractivity contribution in [1.82, 2.24) is 14.5 Å². The van der Waals surface area contributed by atoms with E-state index in [1.165, 1.54) is 19.0 Å². The predicted octanol–water partition coefficient (Wildman–Crippen LogP) is 5.27. The number of aryl methyl sites for hydroxylation is 2. The minimum atomic E-state index is -4.07. The molecule has 2 amide bonds. The van der Waals surface area contributed by atoms with Crippen molar-refractivity contribution in [3.8, 4) is 0 Å². The lowest BCUT2D eigenvalue weighted by Crippen LogP contribution is -2.55. The standard InChI is InChI=1S/C33H41ClN4O4S/c1-24-17-18-25(2)30(19-24)38(43(41,42)36(3)4)23-32(39)37(22-27-13-10-14-28(34)20-27)31(21-26-11-6-5-7-12-26)33(40)35-29-15-8-9-16-29/h5-7,10-14,17-20,29,31H,8-9,15-16,21-23H2,1-4H3,(H,35,40)/t31-/m1/s1. The van der Waals surface area contributed by atoms with E-state index in [9.17, 15) is 18.0 Å². The van der Waals surface area contributed by atoms with Crippen molar-refractivity contribution in [3.63, 3.8) is 0 Å². The molecule has 230 valence electrons. The molecule has 43 heavy (non-hydrogen) atoms. The van der Waals surface area contributed by atoms with E-state index >= 15 is 0 Å². The lowest BCUT2D eigenvalue weighted by Gasteiger charge is -2.35. The topological polar surface area (TPSA) is 90.0 Å². The van der Waals surface area contributed by atoms with Crippen LogP contribution in [0.15, 0.2) is 72.8 Å². The number of hydrogen-bond donors (Lipinski definition) is 1. The Hall–Kier alpha value is -3.40. The van der Waals surface area contributed by atoms with Gasteiger partial charge in [-0.15, -0.1) is 0 Å². The molecule has 4 rings (SSSR count). The molecule has 0 aliphatic heterocycles. The predicted molar refractivity (Wildman–Crippen MR) is 172 cm³/mol. The molecule has 1 N–H and O–H groups in total. The van der Waals surface area contributed by atoms with Crippen LogP contribution in [0.25, 0.3) is 0 Å². The first-order chi connectivity index (χ1) is 20.5. The summed E-state index contributed by atoms with van der Waals surface area (Å²) in [5, 5.41) is 3.69. The second-order valence-electron chi connectivity index (χ2n) is 11.4. The van der Waals surface area contributed by atoms with Crippen molar-refractivity contribution < 1.29 is 18.0 Å². The smallest absolute Gasteiger partial charge is 0.304 e. The Bertz CT molecular complexity index is 1520. The number of amides is 2. The molecule has 3 aromatic carbocycles. The highest BCUT2D eigenvalue weighted by atomic mass is 35.5. The number of nitrogens with zero attached hydrogens (tertiary/aromatic N) is 3. The molecule has 1 aliphatic carbocycles. The van der Waals surface area contributed by atoms with Crippen LogP contribution in [0.3, 0.4) is 0 Å². The fraction of sp³-hybridized carbons (Fsp3) is 0.394. The van der Waals surface area contributed by atoms with E-state index in [4.69, 9.17) is 11.6 Å². The van der Waals surface area contributed by atoms with Gasteiger partial charge in [-0.3, -0.25) is 9.59 Å². The molecule has 0 heterocycles. The van der Waals surface area contributed by atoms with Crippen molar-refractivity contribution in [1.29, 1.82) is 0 Å². The lowest BCUT2D eigenvalue weighted by molar-refractivity contribution is -0.140. The summed E-state index contributed by atoms with van der Waals surface area (Å²) in [6, 6.07) is 21.4. The van der Waals surface area contributed by atoms with Crippen LogP contribution < -0.4 is 9.62 Å². The van der Waals surface area contributed by atoms with Gasteiger partial charge in [-0.2, -0.15) is 12.7 Å². The Labute approximate surface area is 260 Å². The van der Waals surface area contributed by atoms with Crippen LogP contribution >= 0.6 is 11.6 Å². The van der Waals surface area contributed by atoms with Gasteiger partial charge in [-0.05, 0) is 67.1 Å². The van der Waals surface area contributed by atoms with E-state index in [1.54, 1.807) is 24.3 Å². The van der Waals surface area contributed by atoms with Gasteiger partial charge < -0.3 is 10.2 Å². The van der Waals surface area contributed by atoms with Crippen LogP contribution in [0.2, 0.25) is 5.02 Å². The SMILES string of the molecule is Cc1ccc(C)c(N(CC(=O)N(Cc2cccc(Cl)c2)[C@H](Cc2ccccc2)C(=O)NC2CCCC2)S(=O)(=O)N(C)C)c1. The molecular formula is C33H41ClN4O4S. The molecule has 1 atom stereocenters. The number of nitrogens with one attached hydrogen (secondary N) is 1. The third kappa shape index (κ3) is 8.37. The summed E-state index contributed by atoms with van der Waals surface area (Å²) >= 11 is 6.31. The largest absolute Gasteiger partial charge is 0.352 e. The zero-order valence-electron chi connectivity index (χ0n) is 25.3. The second kappa shape index (κ2) is 14.4.